The highest BCUT2D eigenvalue weighted by molar-refractivity contribution is 8.13. The fourth-order valence-electron chi connectivity index (χ4n) is 2.17. The molecule has 0 saturated carbocycles. The van der Waals surface area contributed by atoms with Gasteiger partial charge in [-0.3, -0.25) is 9.59 Å². The van der Waals surface area contributed by atoms with Crippen LogP contribution in [-0.4, -0.2) is 30.1 Å². The van der Waals surface area contributed by atoms with Crippen molar-refractivity contribution < 1.29 is 14.0 Å². The van der Waals surface area contributed by atoms with E-state index in [0.717, 1.165) is 28.0 Å². The van der Waals surface area contributed by atoms with Gasteiger partial charge in [-0.05, 0) is 54.2 Å². The second-order valence-corrected chi connectivity index (χ2v) is 8.08. The lowest BCUT2D eigenvalue weighted by Crippen LogP contribution is -2.16. The van der Waals surface area contributed by atoms with Gasteiger partial charge in [0.25, 0.3) is 11.1 Å². The Balaban J connectivity index is 1.76. The quantitative estimate of drug-likeness (QED) is 0.564. The fraction of sp³-hybridized carbons (Fsp3) is 0.111. The number of benzene rings is 2. The van der Waals surface area contributed by atoms with E-state index in [0.29, 0.717) is 25.7 Å². The third-order valence-corrected chi connectivity index (χ3v) is 6.18. The number of amides is 2. The van der Waals surface area contributed by atoms with E-state index in [9.17, 15) is 14.0 Å². The zero-order valence-electron chi connectivity index (χ0n) is 13.9. The first-order valence-corrected chi connectivity index (χ1v) is 9.54. The van der Waals surface area contributed by atoms with Crippen molar-refractivity contribution in [2.75, 3.05) is 19.4 Å². The zero-order chi connectivity index (χ0) is 18.8. The molecule has 0 aliphatic heterocycles. The van der Waals surface area contributed by atoms with Crippen molar-refractivity contribution in [3.05, 3.63) is 58.2 Å². The van der Waals surface area contributed by atoms with Crippen LogP contribution in [0, 0.1) is 5.82 Å². The second-order valence-electron chi connectivity index (χ2n) is 5.63. The molecule has 3 aromatic rings. The molecule has 0 atom stereocenters. The van der Waals surface area contributed by atoms with Crippen molar-refractivity contribution >= 4 is 61.6 Å². The Kier molecular flexibility index (Phi) is 5.50. The van der Waals surface area contributed by atoms with Gasteiger partial charge in [0.1, 0.15) is 10.7 Å². The Hall–Kier alpha value is -2.09. The Morgan fingerprint density at radius 2 is 1.85 bits per heavy atom. The molecule has 0 aliphatic rings. The number of nitrogens with one attached hydrogen (secondary N) is 1. The van der Waals surface area contributed by atoms with Crippen LogP contribution in [0.4, 0.5) is 14.9 Å². The largest absolute Gasteiger partial charge is 0.339 e. The summed E-state index contributed by atoms with van der Waals surface area (Å²) in [4.78, 5) is 26.8. The van der Waals surface area contributed by atoms with Crippen LogP contribution in [0.2, 0.25) is 5.02 Å². The molecule has 134 valence electrons. The fourth-order valence-corrected chi connectivity index (χ4v) is 4.26. The molecule has 0 saturated heterocycles. The topological polar surface area (TPSA) is 49.4 Å². The summed E-state index contributed by atoms with van der Waals surface area (Å²) in [5, 5.41) is 3.65. The maximum Gasteiger partial charge on any atom is 0.285 e. The maximum atomic E-state index is 13.3. The highest BCUT2D eigenvalue weighted by Gasteiger charge is 2.18. The van der Waals surface area contributed by atoms with E-state index in [-0.39, 0.29) is 17.0 Å². The molecule has 0 unspecified atom stereocenters. The van der Waals surface area contributed by atoms with E-state index < -0.39 is 0 Å². The number of carbonyl (C=O) groups is 2. The van der Waals surface area contributed by atoms with Crippen LogP contribution < -0.4 is 5.32 Å². The number of hydrogen-bond donors (Lipinski definition) is 1. The molecule has 1 N–H and O–H groups in total. The number of nitrogens with zero attached hydrogens (tertiary/aromatic N) is 1. The molecule has 0 spiro atoms. The van der Waals surface area contributed by atoms with Crippen LogP contribution in [0.15, 0.2) is 47.4 Å². The van der Waals surface area contributed by atoms with Crippen molar-refractivity contribution in [3.63, 3.8) is 0 Å². The lowest BCUT2D eigenvalue weighted by atomic mass is 10.2. The number of anilines is 1. The SMILES string of the molecule is CN(C)C(=O)Sc1ccc(NC(=O)c2sc3cc(F)ccc3c2Cl)cc1. The molecular weight excluding hydrogens is 395 g/mol. The third-order valence-electron chi connectivity index (χ3n) is 3.48. The number of carbonyl (C=O) groups excluding carboxylic acids is 2. The Morgan fingerprint density at radius 1 is 1.15 bits per heavy atom. The highest BCUT2D eigenvalue weighted by Crippen LogP contribution is 2.36. The van der Waals surface area contributed by atoms with Crippen LogP contribution in [0.5, 0.6) is 0 Å². The van der Waals surface area contributed by atoms with Gasteiger partial charge in [-0.25, -0.2) is 4.39 Å². The molecule has 1 aromatic heterocycles. The molecule has 8 heteroatoms. The predicted molar refractivity (Wildman–Crippen MR) is 106 cm³/mol. The summed E-state index contributed by atoms with van der Waals surface area (Å²) in [7, 11) is 3.37. The molecule has 2 amide bonds. The average molecular weight is 409 g/mol. The predicted octanol–water partition coefficient (Wildman–Crippen LogP) is 5.72. The first-order valence-electron chi connectivity index (χ1n) is 7.53. The molecular formula is C18H14ClFN2O2S2. The monoisotopic (exact) mass is 408 g/mol. The van der Waals surface area contributed by atoms with Gasteiger partial charge in [0.15, 0.2) is 0 Å². The summed E-state index contributed by atoms with van der Waals surface area (Å²) in [6.45, 7) is 0. The van der Waals surface area contributed by atoms with Crippen molar-refractivity contribution in [2.24, 2.45) is 0 Å². The van der Waals surface area contributed by atoms with E-state index in [1.165, 1.54) is 17.0 Å². The van der Waals surface area contributed by atoms with Crippen molar-refractivity contribution in [1.82, 2.24) is 4.90 Å². The number of halogens is 2. The number of fused-ring (bicyclic) bond motifs is 1. The zero-order valence-corrected chi connectivity index (χ0v) is 16.3. The van der Waals surface area contributed by atoms with Gasteiger partial charge in [-0.1, -0.05) is 11.6 Å². The molecule has 2 aromatic carbocycles. The first-order chi connectivity index (χ1) is 12.3. The van der Waals surface area contributed by atoms with Crippen LogP contribution >= 0.6 is 34.7 Å². The summed E-state index contributed by atoms with van der Waals surface area (Å²) in [6.07, 6.45) is 0. The maximum absolute atomic E-state index is 13.3. The molecule has 4 nitrogen and oxygen atoms in total. The number of rotatable bonds is 3. The number of thioether (sulfide) groups is 1. The van der Waals surface area contributed by atoms with Gasteiger partial charge in [0.2, 0.25) is 0 Å². The summed E-state index contributed by atoms with van der Waals surface area (Å²) >= 11 is 8.51. The number of thiophene rings is 1. The smallest absolute Gasteiger partial charge is 0.285 e. The lowest BCUT2D eigenvalue weighted by molar-refractivity contribution is 0.103. The van der Waals surface area contributed by atoms with E-state index in [2.05, 4.69) is 5.32 Å². The van der Waals surface area contributed by atoms with Crippen LogP contribution in [0.3, 0.4) is 0 Å². The first kappa shape index (κ1) is 18.7. The minimum atomic E-state index is -0.372. The summed E-state index contributed by atoms with van der Waals surface area (Å²) in [5.74, 6) is -0.732. The van der Waals surface area contributed by atoms with E-state index in [1.54, 1.807) is 44.4 Å². The van der Waals surface area contributed by atoms with Gasteiger partial charge in [-0.15, -0.1) is 11.3 Å². The van der Waals surface area contributed by atoms with E-state index in [4.69, 9.17) is 11.6 Å². The Bertz CT molecular complexity index is 987. The summed E-state index contributed by atoms with van der Waals surface area (Å²) in [6, 6.07) is 11.2. The van der Waals surface area contributed by atoms with Crippen molar-refractivity contribution in [2.45, 2.75) is 4.90 Å². The van der Waals surface area contributed by atoms with Gasteiger partial charge in [-0.2, -0.15) is 0 Å². The molecule has 0 bridgehead atoms. The third kappa shape index (κ3) is 4.00. The summed E-state index contributed by atoms with van der Waals surface area (Å²) < 4.78 is 14.0. The van der Waals surface area contributed by atoms with Gasteiger partial charge < -0.3 is 10.2 Å². The normalized spacial score (nSPS) is 10.8. The minimum absolute atomic E-state index is 0.0777. The molecule has 0 fully saturated rings. The molecule has 3 rings (SSSR count). The molecule has 0 aliphatic carbocycles. The Morgan fingerprint density at radius 3 is 2.50 bits per heavy atom. The lowest BCUT2D eigenvalue weighted by Gasteiger charge is -2.09. The molecule has 1 heterocycles. The highest BCUT2D eigenvalue weighted by atomic mass is 35.5. The molecule has 0 radical (unpaired) electrons. The van der Waals surface area contributed by atoms with E-state index in [1.807, 2.05) is 0 Å². The summed E-state index contributed by atoms with van der Waals surface area (Å²) in [5.41, 5.74) is 0.580. The van der Waals surface area contributed by atoms with Crippen molar-refractivity contribution in [3.8, 4) is 0 Å². The molecule has 26 heavy (non-hydrogen) atoms. The number of hydrogen-bond acceptors (Lipinski definition) is 4. The standard InChI is InChI=1S/C18H14ClFN2O2S2/c1-22(2)18(24)25-12-6-4-11(5-7-12)21-17(23)16-15(19)13-8-3-10(20)9-14(13)26-16/h3-9H,1-2H3,(H,21,23). The van der Waals surface area contributed by atoms with Crippen LogP contribution in [0.25, 0.3) is 10.1 Å². The van der Waals surface area contributed by atoms with Gasteiger partial charge in [0, 0.05) is 34.8 Å². The average Bonchev–Trinajstić information content (AvgIpc) is 2.92. The Labute approximate surface area is 162 Å². The van der Waals surface area contributed by atoms with Crippen LogP contribution in [0.1, 0.15) is 9.67 Å². The van der Waals surface area contributed by atoms with Gasteiger partial charge >= 0.3 is 0 Å². The van der Waals surface area contributed by atoms with E-state index >= 15 is 0 Å². The van der Waals surface area contributed by atoms with Gasteiger partial charge in [0.05, 0.1) is 5.02 Å². The van der Waals surface area contributed by atoms with Crippen LogP contribution in [-0.2, 0) is 0 Å². The van der Waals surface area contributed by atoms with Crippen molar-refractivity contribution in [1.29, 1.82) is 0 Å². The second kappa shape index (κ2) is 7.65. The minimum Gasteiger partial charge on any atom is -0.339 e.